The quantitative estimate of drug-likeness (QED) is 0.439. The lowest BCUT2D eigenvalue weighted by Gasteiger charge is -2.22. The molecule has 1 aliphatic heterocycles. The number of rotatable bonds is 7. The molecule has 0 unspecified atom stereocenters. The number of hydrogen-bond acceptors (Lipinski definition) is 7. The SMILES string of the molecule is Cn1c(-c2ccccc2CO)nc2sc(N3CCC[C@@H]3C(=O)CCc3ccccc3)nc2c1=O. The Balaban J connectivity index is 1.45. The number of nitrogens with zero attached hydrogens (tertiary/aromatic N) is 4. The molecule has 7 nitrogen and oxygen atoms in total. The number of anilines is 1. The van der Waals surface area contributed by atoms with E-state index in [-0.39, 0.29) is 24.0 Å². The molecule has 0 amide bonds. The second-order valence-corrected chi connectivity index (χ2v) is 9.52. The lowest BCUT2D eigenvalue weighted by Crippen LogP contribution is -2.36. The standard InChI is InChI=1S/C26H26N4O3S/c1-29-23(19-11-6-5-10-18(19)16-31)28-24-22(25(29)33)27-26(34-24)30-15-7-12-20(30)21(32)14-13-17-8-3-2-4-9-17/h2-6,8-11,20,31H,7,12-16H2,1H3/t20-/m1/s1. The molecule has 2 aromatic carbocycles. The van der Waals surface area contributed by atoms with Gasteiger partial charge in [0.05, 0.1) is 12.6 Å². The van der Waals surface area contributed by atoms with Gasteiger partial charge in [0, 0.05) is 25.6 Å². The zero-order valence-corrected chi connectivity index (χ0v) is 19.8. The molecule has 4 aromatic rings. The first-order chi connectivity index (χ1) is 16.6. The van der Waals surface area contributed by atoms with Crippen molar-refractivity contribution in [1.29, 1.82) is 0 Å². The van der Waals surface area contributed by atoms with Crippen LogP contribution in [0.25, 0.3) is 21.7 Å². The van der Waals surface area contributed by atoms with Crippen LogP contribution in [0, 0.1) is 0 Å². The predicted molar refractivity (Wildman–Crippen MR) is 134 cm³/mol. The van der Waals surface area contributed by atoms with Crippen molar-refractivity contribution in [3.05, 3.63) is 76.1 Å². The van der Waals surface area contributed by atoms with Crippen LogP contribution in [-0.4, -0.2) is 38.0 Å². The number of hydrogen-bond donors (Lipinski definition) is 1. The summed E-state index contributed by atoms with van der Waals surface area (Å²) in [5.74, 6) is 0.702. The number of Topliss-reactive ketones (excluding diaryl/α,β-unsaturated/α-hetero) is 1. The van der Waals surface area contributed by atoms with Gasteiger partial charge in [-0.25, -0.2) is 9.97 Å². The van der Waals surface area contributed by atoms with Crippen LogP contribution in [0.3, 0.4) is 0 Å². The van der Waals surface area contributed by atoms with Gasteiger partial charge in [0.15, 0.2) is 21.3 Å². The molecular formula is C26H26N4O3S. The fourth-order valence-corrected chi connectivity index (χ4v) is 5.60. The summed E-state index contributed by atoms with van der Waals surface area (Å²) in [6.07, 6.45) is 2.92. The third-order valence-corrected chi connectivity index (χ3v) is 7.42. The minimum atomic E-state index is -0.235. The monoisotopic (exact) mass is 474 g/mol. The average molecular weight is 475 g/mol. The maximum absolute atomic E-state index is 13.1. The number of aliphatic hydroxyl groups excluding tert-OH is 1. The van der Waals surface area contributed by atoms with E-state index in [9.17, 15) is 14.7 Å². The van der Waals surface area contributed by atoms with Crippen molar-refractivity contribution in [2.45, 2.75) is 38.3 Å². The van der Waals surface area contributed by atoms with Crippen molar-refractivity contribution in [3.63, 3.8) is 0 Å². The number of fused-ring (bicyclic) bond motifs is 1. The van der Waals surface area contributed by atoms with Gasteiger partial charge in [-0.05, 0) is 30.4 Å². The number of aromatic nitrogens is 3. The van der Waals surface area contributed by atoms with Gasteiger partial charge in [-0.3, -0.25) is 14.2 Å². The van der Waals surface area contributed by atoms with Gasteiger partial charge in [-0.15, -0.1) is 0 Å². The summed E-state index contributed by atoms with van der Waals surface area (Å²) in [5.41, 5.74) is 2.66. The summed E-state index contributed by atoms with van der Waals surface area (Å²) in [7, 11) is 1.67. The van der Waals surface area contributed by atoms with Gasteiger partial charge < -0.3 is 10.0 Å². The maximum Gasteiger partial charge on any atom is 0.281 e. The summed E-state index contributed by atoms with van der Waals surface area (Å²) in [4.78, 5) is 38.2. The van der Waals surface area contributed by atoms with E-state index in [2.05, 4.69) is 4.98 Å². The fourth-order valence-electron chi connectivity index (χ4n) is 4.59. The highest BCUT2D eigenvalue weighted by Crippen LogP contribution is 2.33. The molecule has 2 aromatic heterocycles. The average Bonchev–Trinajstić information content (AvgIpc) is 3.53. The summed E-state index contributed by atoms with van der Waals surface area (Å²) >= 11 is 1.35. The summed E-state index contributed by atoms with van der Waals surface area (Å²) in [5, 5.41) is 10.4. The molecule has 1 N–H and O–H groups in total. The van der Waals surface area contributed by atoms with Crippen LogP contribution in [0.5, 0.6) is 0 Å². The Labute approximate surface area is 201 Å². The molecule has 3 heterocycles. The smallest absolute Gasteiger partial charge is 0.281 e. The van der Waals surface area contributed by atoms with Crippen LogP contribution in [0.2, 0.25) is 0 Å². The number of ketones is 1. The molecule has 0 aliphatic carbocycles. The highest BCUT2D eigenvalue weighted by molar-refractivity contribution is 7.21. The summed E-state index contributed by atoms with van der Waals surface area (Å²) in [6.45, 7) is 0.598. The predicted octanol–water partition coefficient (Wildman–Crippen LogP) is 3.72. The Kier molecular flexibility index (Phi) is 6.26. The summed E-state index contributed by atoms with van der Waals surface area (Å²) < 4.78 is 1.48. The van der Waals surface area contributed by atoms with E-state index in [1.807, 2.05) is 59.5 Å². The second-order valence-electron chi connectivity index (χ2n) is 8.57. The number of carbonyl (C=O) groups excluding carboxylic acids is 1. The lowest BCUT2D eigenvalue weighted by molar-refractivity contribution is -0.120. The zero-order valence-electron chi connectivity index (χ0n) is 19.0. The van der Waals surface area contributed by atoms with Crippen molar-refractivity contribution in [2.24, 2.45) is 7.05 Å². The minimum absolute atomic E-state index is 0.140. The Morgan fingerprint density at radius 3 is 2.68 bits per heavy atom. The van der Waals surface area contributed by atoms with Crippen LogP contribution in [0.1, 0.15) is 30.4 Å². The molecule has 8 heteroatoms. The summed E-state index contributed by atoms with van der Waals surface area (Å²) in [6, 6.07) is 17.2. The van der Waals surface area contributed by atoms with Gasteiger partial charge in [0.2, 0.25) is 0 Å². The Morgan fingerprint density at radius 2 is 1.88 bits per heavy atom. The Bertz CT molecular complexity index is 1400. The largest absolute Gasteiger partial charge is 0.392 e. The second kappa shape index (κ2) is 9.48. The van der Waals surface area contributed by atoms with E-state index in [1.54, 1.807) is 7.05 Å². The van der Waals surface area contributed by atoms with Gasteiger partial charge in [-0.1, -0.05) is 65.9 Å². The minimum Gasteiger partial charge on any atom is -0.392 e. The number of aliphatic hydroxyl groups is 1. The van der Waals surface area contributed by atoms with Crippen molar-refractivity contribution >= 4 is 32.6 Å². The number of carbonyl (C=O) groups is 1. The molecule has 0 bridgehead atoms. The van der Waals surface area contributed by atoms with Crippen LogP contribution >= 0.6 is 11.3 Å². The van der Waals surface area contributed by atoms with Gasteiger partial charge in [-0.2, -0.15) is 0 Å². The van der Waals surface area contributed by atoms with Crippen molar-refractivity contribution in [3.8, 4) is 11.4 Å². The van der Waals surface area contributed by atoms with Gasteiger partial charge in [0.1, 0.15) is 5.82 Å². The van der Waals surface area contributed by atoms with Gasteiger partial charge in [0.25, 0.3) is 5.56 Å². The highest BCUT2D eigenvalue weighted by Gasteiger charge is 2.32. The molecule has 1 aliphatic rings. The Morgan fingerprint density at radius 1 is 1.12 bits per heavy atom. The molecule has 1 saturated heterocycles. The van der Waals surface area contributed by atoms with E-state index in [1.165, 1.54) is 15.9 Å². The molecule has 34 heavy (non-hydrogen) atoms. The van der Waals surface area contributed by atoms with E-state index < -0.39 is 0 Å². The number of aryl methyl sites for hydroxylation is 1. The van der Waals surface area contributed by atoms with Crippen LogP contribution in [0.4, 0.5) is 5.13 Å². The zero-order chi connectivity index (χ0) is 23.7. The van der Waals surface area contributed by atoms with Crippen LogP contribution in [0.15, 0.2) is 59.4 Å². The topological polar surface area (TPSA) is 88.3 Å². The maximum atomic E-state index is 13.1. The number of thiazole rings is 1. The van der Waals surface area contributed by atoms with Gasteiger partial charge >= 0.3 is 0 Å². The molecule has 1 fully saturated rings. The molecule has 0 radical (unpaired) electrons. The van der Waals surface area contributed by atoms with Crippen LogP contribution < -0.4 is 10.5 Å². The van der Waals surface area contributed by atoms with Crippen molar-refractivity contribution < 1.29 is 9.90 Å². The molecular weight excluding hydrogens is 448 g/mol. The fraction of sp³-hybridized carbons (Fsp3) is 0.308. The third kappa shape index (κ3) is 4.15. The molecule has 0 saturated carbocycles. The van der Waals surface area contributed by atoms with E-state index in [0.717, 1.165) is 36.9 Å². The number of benzene rings is 2. The first-order valence-corrected chi connectivity index (χ1v) is 12.3. The van der Waals surface area contributed by atoms with Crippen molar-refractivity contribution in [2.75, 3.05) is 11.4 Å². The third-order valence-electron chi connectivity index (χ3n) is 6.43. The van der Waals surface area contributed by atoms with Crippen molar-refractivity contribution in [1.82, 2.24) is 14.5 Å². The normalized spacial score (nSPS) is 15.8. The molecule has 174 valence electrons. The molecule has 0 spiro atoms. The molecule has 5 rings (SSSR count). The van der Waals surface area contributed by atoms with E-state index >= 15 is 0 Å². The van der Waals surface area contributed by atoms with Crippen LogP contribution in [-0.2, 0) is 24.9 Å². The highest BCUT2D eigenvalue weighted by atomic mass is 32.1. The first-order valence-electron chi connectivity index (χ1n) is 11.5. The first kappa shape index (κ1) is 22.4. The Hall–Kier alpha value is -3.36. The molecule has 1 atom stereocenters. The van der Waals surface area contributed by atoms with E-state index in [4.69, 9.17) is 4.98 Å². The lowest BCUT2D eigenvalue weighted by atomic mass is 10.0. The van der Waals surface area contributed by atoms with E-state index in [0.29, 0.717) is 33.3 Å².